The highest BCUT2D eigenvalue weighted by atomic mass is 79.9. The van der Waals surface area contributed by atoms with Crippen LogP contribution in [0.2, 0.25) is 0 Å². The van der Waals surface area contributed by atoms with Gasteiger partial charge in [-0.15, -0.1) is 17.0 Å². The van der Waals surface area contributed by atoms with E-state index in [9.17, 15) is 0 Å². The summed E-state index contributed by atoms with van der Waals surface area (Å²) in [6.07, 6.45) is 0. The fourth-order valence-electron chi connectivity index (χ4n) is 0.437. The maximum atomic E-state index is 5.38. The summed E-state index contributed by atoms with van der Waals surface area (Å²) in [5.41, 5.74) is 6.27. The molecule has 0 aliphatic rings. The molecule has 0 aromatic carbocycles. The maximum Gasteiger partial charge on any atom is 0.133 e. The van der Waals surface area contributed by atoms with Crippen LogP contribution in [0.3, 0.4) is 0 Å². The normalized spacial score (nSPS) is 8.67. The van der Waals surface area contributed by atoms with E-state index in [0.717, 1.165) is 10.2 Å². The predicted molar refractivity (Wildman–Crippen MR) is 45.8 cm³/mol. The minimum Gasteiger partial charge on any atom is -0.383 e. The van der Waals surface area contributed by atoms with Crippen LogP contribution in [0, 0.1) is 6.92 Å². The van der Waals surface area contributed by atoms with Gasteiger partial charge in [-0.25, -0.2) is 0 Å². The van der Waals surface area contributed by atoms with Crippen LogP contribution in [-0.2, 0) is 0 Å². The second kappa shape index (κ2) is 3.22. The topological polar surface area (TPSA) is 54.7 Å². The molecule has 9 heavy (non-hydrogen) atoms. The number of nitrogens with zero attached hydrogens (tertiary/aromatic N) is 1. The average molecular weight is 257 g/mol. The third kappa shape index (κ3) is 1.69. The van der Waals surface area contributed by atoms with E-state index < -0.39 is 0 Å². The van der Waals surface area contributed by atoms with Crippen LogP contribution in [0.1, 0.15) is 5.69 Å². The van der Waals surface area contributed by atoms with Gasteiger partial charge in [-0.3, -0.25) is 5.10 Å². The van der Waals surface area contributed by atoms with E-state index >= 15 is 0 Å². The first-order chi connectivity index (χ1) is 3.72. The second-order valence-electron chi connectivity index (χ2n) is 1.54. The molecule has 0 aliphatic heterocycles. The van der Waals surface area contributed by atoms with E-state index in [2.05, 4.69) is 26.1 Å². The minimum atomic E-state index is 0. The summed E-state index contributed by atoms with van der Waals surface area (Å²) in [7, 11) is 0. The van der Waals surface area contributed by atoms with E-state index in [0.29, 0.717) is 5.82 Å². The molecule has 0 amide bonds. The smallest absolute Gasteiger partial charge is 0.133 e. The van der Waals surface area contributed by atoms with Gasteiger partial charge in [-0.2, -0.15) is 5.10 Å². The number of halogens is 2. The number of aromatic nitrogens is 2. The average Bonchev–Trinajstić information content (AvgIpc) is 1.98. The lowest BCUT2D eigenvalue weighted by Gasteiger charge is -1.81. The number of hydrogen-bond donors (Lipinski definition) is 2. The second-order valence-corrected chi connectivity index (χ2v) is 2.33. The Kier molecular flexibility index (Phi) is 3.21. The number of nitrogen functional groups attached to an aromatic ring is 1. The van der Waals surface area contributed by atoms with Gasteiger partial charge in [0, 0.05) is 0 Å². The third-order valence-corrected chi connectivity index (χ3v) is 1.90. The van der Waals surface area contributed by atoms with Crippen LogP contribution in [0.5, 0.6) is 0 Å². The van der Waals surface area contributed by atoms with E-state index in [1.807, 2.05) is 6.92 Å². The van der Waals surface area contributed by atoms with Crippen molar-refractivity contribution in [1.82, 2.24) is 10.2 Å². The number of anilines is 1. The van der Waals surface area contributed by atoms with Crippen LogP contribution in [0.25, 0.3) is 0 Å². The van der Waals surface area contributed by atoms with Gasteiger partial charge in [0.1, 0.15) is 5.82 Å². The lowest BCUT2D eigenvalue weighted by molar-refractivity contribution is 1.05. The molecule has 0 fully saturated rings. The predicted octanol–water partition coefficient (Wildman–Crippen LogP) is 1.64. The summed E-state index contributed by atoms with van der Waals surface area (Å²) in [6.45, 7) is 1.87. The fourth-order valence-corrected chi connectivity index (χ4v) is 0.614. The highest BCUT2D eigenvalue weighted by molar-refractivity contribution is 9.10. The van der Waals surface area contributed by atoms with Gasteiger partial charge in [-0.1, -0.05) is 0 Å². The molecule has 0 spiro atoms. The Labute approximate surface area is 71.9 Å². The molecule has 0 radical (unpaired) electrons. The van der Waals surface area contributed by atoms with Crippen molar-refractivity contribution >= 4 is 38.7 Å². The lowest BCUT2D eigenvalue weighted by Crippen LogP contribution is -1.83. The zero-order valence-corrected chi connectivity index (χ0v) is 8.11. The minimum absolute atomic E-state index is 0. The molecule has 0 aliphatic carbocycles. The van der Waals surface area contributed by atoms with Crippen LogP contribution >= 0.6 is 32.9 Å². The van der Waals surface area contributed by atoms with E-state index in [4.69, 9.17) is 5.73 Å². The molecule has 3 nitrogen and oxygen atoms in total. The molecule has 52 valence electrons. The molecule has 1 aromatic rings. The van der Waals surface area contributed by atoms with Gasteiger partial charge in [-0.05, 0) is 22.9 Å². The van der Waals surface area contributed by atoms with Crippen molar-refractivity contribution in [3.05, 3.63) is 10.2 Å². The first-order valence-corrected chi connectivity index (χ1v) is 2.97. The molecule has 5 heteroatoms. The summed E-state index contributed by atoms with van der Waals surface area (Å²) in [6, 6.07) is 0. The van der Waals surface area contributed by atoms with Crippen LogP contribution < -0.4 is 5.73 Å². The van der Waals surface area contributed by atoms with Crippen LogP contribution in [0.4, 0.5) is 5.82 Å². The molecule has 0 bridgehead atoms. The van der Waals surface area contributed by atoms with E-state index in [-0.39, 0.29) is 17.0 Å². The van der Waals surface area contributed by atoms with E-state index in [1.54, 1.807) is 0 Å². The van der Waals surface area contributed by atoms with Crippen molar-refractivity contribution in [3.8, 4) is 0 Å². The van der Waals surface area contributed by atoms with Gasteiger partial charge in [0.15, 0.2) is 0 Å². The molecular weight excluding hydrogens is 250 g/mol. The summed E-state index contributed by atoms with van der Waals surface area (Å²) in [5.74, 6) is 0.586. The zero-order chi connectivity index (χ0) is 6.15. The van der Waals surface area contributed by atoms with Gasteiger partial charge < -0.3 is 5.73 Å². The Hall–Kier alpha value is -0.0300. The molecule has 0 atom stereocenters. The number of rotatable bonds is 0. The monoisotopic (exact) mass is 255 g/mol. The molecule has 0 saturated heterocycles. The number of aryl methyl sites for hydroxylation is 1. The number of H-pyrrole nitrogens is 1. The number of aromatic amines is 1. The largest absolute Gasteiger partial charge is 0.383 e. The van der Waals surface area contributed by atoms with Gasteiger partial charge >= 0.3 is 0 Å². The van der Waals surface area contributed by atoms with E-state index in [1.165, 1.54) is 0 Å². The summed E-state index contributed by atoms with van der Waals surface area (Å²) < 4.78 is 0.859. The van der Waals surface area contributed by atoms with Crippen LogP contribution in [-0.4, -0.2) is 10.2 Å². The van der Waals surface area contributed by atoms with Gasteiger partial charge in [0.2, 0.25) is 0 Å². The number of hydrogen-bond acceptors (Lipinski definition) is 2. The SMILES string of the molecule is Br.Cc1n[nH]c(N)c1Br. The van der Waals surface area contributed by atoms with Gasteiger partial charge in [0.05, 0.1) is 10.2 Å². The standard InChI is InChI=1S/C4H6BrN3.BrH/c1-2-3(5)4(6)8-7-2;/h1H3,(H3,6,7,8);1H. The number of nitrogens with one attached hydrogen (secondary N) is 1. The number of nitrogens with two attached hydrogens (primary N) is 1. The van der Waals surface area contributed by atoms with Gasteiger partial charge in [0.25, 0.3) is 0 Å². The molecule has 3 N–H and O–H groups in total. The molecular formula is C4H7Br2N3. The first-order valence-electron chi connectivity index (χ1n) is 2.17. The molecule has 0 unspecified atom stereocenters. The maximum absolute atomic E-state index is 5.38. The zero-order valence-electron chi connectivity index (χ0n) is 4.81. The molecule has 1 rings (SSSR count). The first kappa shape index (κ1) is 8.97. The summed E-state index contributed by atoms with van der Waals surface area (Å²) >= 11 is 3.23. The summed E-state index contributed by atoms with van der Waals surface area (Å²) in [4.78, 5) is 0. The van der Waals surface area contributed by atoms with Crippen molar-refractivity contribution in [3.63, 3.8) is 0 Å². The van der Waals surface area contributed by atoms with Crippen molar-refractivity contribution in [2.24, 2.45) is 0 Å². The molecule has 1 heterocycles. The Balaban J connectivity index is 0.000000640. The molecule has 1 aromatic heterocycles. The lowest BCUT2D eigenvalue weighted by atomic mass is 10.5. The van der Waals surface area contributed by atoms with Crippen LogP contribution in [0.15, 0.2) is 4.47 Å². The summed E-state index contributed by atoms with van der Waals surface area (Å²) in [5, 5.41) is 6.44. The van der Waals surface area contributed by atoms with Crippen molar-refractivity contribution in [2.45, 2.75) is 6.92 Å². The molecule has 0 saturated carbocycles. The third-order valence-electron chi connectivity index (χ3n) is 0.898. The highest BCUT2D eigenvalue weighted by Crippen LogP contribution is 2.18. The highest BCUT2D eigenvalue weighted by Gasteiger charge is 1.99. The van der Waals surface area contributed by atoms with Crippen molar-refractivity contribution in [1.29, 1.82) is 0 Å². The Morgan fingerprint density at radius 2 is 2.22 bits per heavy atom. The Morgan fingerprint density at radius 1 is 1.67 bits per heavy atom. The fraction of sp³-hybridized carbons (Fsp3) is 0.250. The Morgan fingerprint density at radius 3 is 2.33 bits per heavy atom. The quantitative estimate of drug-likeness (QED) is 0.742. The Bertz CT molecular complexity index is 176. The van der Waals surface area contributed by atoms with Crippen molar-refractivity contribution < 1.29 is 0 Å². The van der Waals surface area contributed by atoms with Crippen molar-refractivity contribution in [2.75, 3.05) is 5.73 Å².